The van der Waals surface area contributed by atoms with Gasteiger partial charge >= 0.3 is 0 Å². The van der Waals surface area contributed by atoms with E-state index < -0.39 is 5.91 Å². The summed E-state index contributed by atoms with van der Waals surface area (Å²) in [5.74, 6) is 0.0819. The van der Waals surface area contributed by atoms with Gasteiger partial charge in [0, 0.05) is 13.1 Å². The predicted octanol–water partition coefficient (Wildman–Crippen LogP) is 1.16. The van der Waals surface area contributed by atoms with Crippen molar-refractivity contribution in [2.24, 2.45) is 11.7 Å². The van der Waals surface area contributed by atoms with Crippen LogP contribution in [0.25, 0.3) is 17.1 Å². The molecule has 1 saturated heterocycles. The van der Waals surface area contributed by atoms with Crippen molar-refractivity contribution in [3.8, 4) is 11.5 Å². The van der Waals surface area contributed by atoms with E-state index in [9.17, 15) is 9.59 Å². The minimum Gasteiger partial charge on any atom is -0.463 e. The highest BCUT2D eigenvalue weighted by Crippen LogP contribution is 2.25. The number of rotatable bonds is 5. The van der Waals surface area contributed by atoms with Gasteiger partial charge in [-0.15, -0.1) is 0 Å². The smallest absolute Gasteiger partial charge is 0.272 e. The van der Waals surface area contributed by atoms with E-state index in [4.69, 9.17) is 10.2 Å². The molecule has 9 nitrogen and oxygen atoms in total. The molecule has 2 amide bonds. The van der Waals surface area contributed by atoms with E-state index >= 15 is 0 Å². The number of nitrogens with zero attached hydrogens (tertiary/aromatic N) is 4. The maximum absolute atomic E-state index is 13.2. The predicted molar refractivity (Wildman–Crippen MR) is 102 cm³/mol. The maximum Gasteiger partial charge on any atom is 0.272 e. The van der Waals surface area contributed by atoms with E-state index in [1.54, 1.807) is 28.9 Å². The monoisotopic (exact) mass is 382 g/mol. The Morgan fingerprint density at radius 3 is 3.00 bits per heavy atom. The second kappa shape index (κ2) is 7.43. The number of carbonyl (C=O) groups is 2. The van der Waals surface area contributed by atoms with Crippen molar-refractivity contribution < 1.29 is 14.0 Å². The number of piperidine rings is 1. The Balaban J connectivity index is 1.77. The van der Waals surface area contributed by atoms with Crippen LogP contribution >= 0.6 is 0 Å². The Morgan fingerprint density at radius 1 is 1.43 bits per heavy atom. The number of aromatic nitrogens is 3. The van der Waals surface area contributed by atoms with Crippen molar-refractivity contribution >= 4 is 17.5 Å². The second-order valence-electron chi connectivity index (χ2n) is 6.97. The number of carbonyl (C=O) groups excluding carboxylic acids is 2. The Hall–Kier alpha value is -3.20. The van der Waals surface area contributed by atoms with Crippen LogP contribution in [0.2, 0.25) is 0 Å². The van der Waals surface area contributed by atoms with Gasteiger partial charge in [0.1, 0.15) is 12.0 Å². The zero-order chi connectivity index (χ0) is 19.7. The first kappa shape index (κ1) is 18.2. The molecule has 0 aliphatic carbocycles. The Kier molecular flexibility index (Phi) is 4.82. The summed E-state index contributed by atoms with van der Waals surface area (Å²) in [7, 11) is 1.91. The zero-order valence-electron chi connectivity index (χ0n) is 15.6. The van der Waals surface area contributed by atoms with Gasteiger partial charge in [0.15, 0.2) is 17.1 Å². The molecule has 1 atom stereocenters. The van der Waals surface area contributed by atoms with E-state index in [1.165, 1.54) is 6.33 Å². The minimum absolute atomic E-state index is 0.0224. The first-order chi connectivity index (χ1) is 13.6. The van der Waals surface area contributed by atoms with Gasteiger partial charge < -0.3 is 20.4 Å². The first-order valence-electron chi connectivity index (χ1n) is 9.24. The minimum atomic E-state index is -0.697. The highest BCUT2D eigenvalue weighted by Gasteiger charge is 2.27. The first-order valence-corrected chi connectivity index (χ1v) is 9.24. The summed E-state index contributed by atoms with van der Waals surface area (Å²) in [5, 5.41) is 3.18. The largest absolute Gasteiger partial charge is 0.463 e. The summed E-state index contributed by atoms with van der Waals surface area (Å²) in [6, 6.07) is 5.20. The molecular formula is C19H22N6O3. The van der Waals surface area contributed by atoms with Crippen LogP contribution in [0.3, 0.4) is 0 Å². The van der Waals surface area contributed by atoms with Gasteiger partial charge in [-0.3, -0.25) is 14.0 Å². The molecule has 0 saturated carbocycles. The lowest BCUT2D eigenvalue weighted by molar-refractivity contribution is 0.0668. The molecule has 3 N–H and O–H groups in total. The number of furan rings is 1. The van der Waals surface area contributed by atoms with E-state index in [-0.39, 0.29) is 22.9 Å². The topological polar surface area (TPSA) is 119 Å². The van der Waals surface area contributed by atoms with Crippen LogP contribution in [0.15, 0.2) is 35.2 Å². The van der Waals surface area contributed by atoms with Gasteiger partial charge in [0.05, 0.1) is 12.0 Å². The second-order valence-corrected chi connectivity index (χ2v) is 6.97. The molecule has 1 unspecified atom stereocenters. The molecule has 9 heteroatoms. The number of hydrogen-bond acceptors (Lipinski definition) is 6. The molecule has 4 heterocycles. The Labute approximate surface area is 161 Å². The van der Waals surface area contributed by atoms with Crippen molar-refractivity contribution in [3.63, 3.8) is 0 Å². The maximum atomic E-state index is 13.2. The lowest BCUT2D eigenvalue weighted by atomic mass is 9.98. The third kappa shape index (κ3) is 3.24. The third-order valence-corrected chi connectivity index (χ3v) is 5.03. The number of fused-ring (bicyclic) bond motifs is 1. The molecule has 1 aliphatic rings. The summed E-state index contributed by atoms with van der Waals surface area (Å²) in [6.45, 7) is 2.22. The lowest BCUT2D eigenvalue weighted by Gasteiger charge is -2.32. The quantitative estimate of drug-likeness (QED) is 0.683. The Morgan fingerprint density at radius 2 is 2.29 bits per heavy atom. The molecule has 0 aromatic carbocycles. The van der Waals surface area contributed by atoms with Crippen LogP contribution in [-0.2, 0) is 0 Å². The average molecular weight is 382 g/mol. The van der Waals surface area contributed by atoms with Crippen LogP contribution in [0.4, 0.5) is 0 Å². The van der Waals surface area contributed by atoms with Gasteiger partial charge in [-0.05, 0) is 50.6 Å². The van der Waals surface area contributed by atoms with Crippen molar-refractivity contribution in [1.29, 1.82) is 0 Å². The summed E-state index contributed by atoms with van der Waals surface area (Å²) in [4.78, 5) is 35.2. The number of nitrogens with two attached hydrogens (primary N) is 1. The average Bonchev–Trinajstić information content (AvgIpc) is 3.37. The van der Waals surface area contributed by atoms with Crippen molar-refractivity contribution in [1.82, 2.24) is 24.6 Å². The molecule has 146 valence electrons. The van der Waals surface area contributed by atoms with Crippen molar-refractivity contribution in [2.75, 3.05) is 26.7 Å². The molecule has 28 heavy (non-hydrogen) atoms. The van der Waals surface area contributed by atoms with Gasteiger partial charge in [-0.25, -0.2) is 9.97 Å². The number of primary amides is 1. The molecule has 0 radical (unpaired) electrons. The lowest BCUT2D eigenvalue weighted by Crippen LogP contribution is -2.42. The normalized spacial score (nSPS) is 17.2. The van der Waals surface area contributed by atoms with E-state index in [0.717, 1.165) is 19.4 Å². The van der Waals surface area contributed by atoms with Gasteiger partial charge in [0.25, 0.3) is 11.8 Å². The van der Waals surface area contributed by atoms with Crippen molar-refractivity contribution in [2.45, 2.75) is 12.8 Å². The molecule has 1 aliphatic heterocycles. The van der Waals surface area contributed by atoms with E-state index in [1.807, 2.05) is 11.9 Å². The fourth-order valence-corrected chi connectivity index (χ4v) is 3.73. The summed E-state index contributed by atoms with van der Waals surface area (Å²) in [5.41, 5.74) is 6.53. The number of nitrogens with one attached hydrogen (secondary N) is 1. The summed E-state index contributed by atoms with van der Waals surface area (Å²) in [6.07, 6.45) is 5.04. The fourth-order valence-electron chi connectivity index (χ4n) is 3.73. The highest BCUT2D eigenvalue weighted by atomic mass is 16.3. The highest BCUT2D eigenvalue weighted by molar-refractivity contribution is 5.99. The number of amides is 2. The summed E-state index contributed by atoms with van der Waals surface area (Å²) < 4.78 is 7.11. The van der Waals surface area contributed by atoms with Gasteiger partial charge in [-0.2, -0.15) is 0 Å². The molecule has 0 bridgehead atoms. The van der Waals surface area contributed by atoms with Gasteiger partial charge in [0.2, 0.25) is 0 Å². The van der Waals surface area contributed by atoms with E-state index in [0.29, 0.717) is 30.5 Å². The molecule has 3 aromatic rings. The molecule has 4 rings (SSSR count). The van der Waals surface area contributed by atoms with Crippen LogP contribution in [0.1, 0.15) is 33.8 Å². The Bertz CT molecular complexity index is 1010. The molecule has 0 spiro atoms. The SMILES string of the molecule is CNCC1CCCN(C(=O)c2cc(-c3ccco3)n3cnc(C(N)=O)c3n2)C1. The summed E-state index contributed by atoms with van der Waals surface area (Å²) >= 11 is 0. The zero-order valence-corrected chi connectivity index (χ0v) is 15.6. The van der Waals surface area contributed by atoms with Crippen molar-refractivity contribution in [3.05, 3.63) is 42.2 Å². The standard InChI is InChI=1S/C19H22N6O3/c1-21-9-12-4-2-6-24(10-12)19(27)13-8-14(15-5-3-7-28-15)25-11-22-16(17(20)26)18(25)23-13/h3,5,7-8,11-12,21H,2,4,6,9-10H2,1H3,(H2,20,26). The van der Waals surface area contributed by atoms with Crippen LogP contribution in [0, 0.1) is 5.92 Å². The van der Waals surface area contributed by atoms with Gasteiger partial charge in [-0.1, -0.05) is 0 Å². The van der Waals surface area contributed by atoms with E-state index in [2.05, 4.69) is 15.3 Å². The molecule has 1 fully saturated rings. The van der Waals surface area contributed by atoms with Crippen LogP contribution in [-0.4, -0.2) is 57.8 Å². The van der Waals surface area contributed by atoms with Crippen LogP contribution < -0.4 is 11.1 Å². The van der Waals surface area contributed by atoms with Crippen LogP contribution in [0.5, 0.6) is 0 Å². The third-order valence-electron chi connectivity index (χ3n) is 5.03. The molecule has 3 aromatic heterocycles. The number of imidazole rings is 1. The molecular weight excluding hydrogens is 360 g/mol. The fraction of sp³-hybridized carbons (Fsp3) is 0.368. The number of hydrogen-bond donors (Lipinski definition) is 2. The number of likely N-dealkylation sites (tertiary alicyclic amines) is 1.